The summed E-state index contributed by atoms with van der Waals surface area (Å²) in [4.78, 5) is 24.4. The van der Waals surface area contributed by atoms with Crippen LogP contribution in [0.1, 0.15) is 64.4 Å². The lowest BCUT2D eigenvalue weighted by Gasteiger charge is -2.35. The Morgan fingerprint density at radius 1 is 1.30 bits per heavy atom. The van der Waals surface area contributed by atoms with Gasteiger partial charge in [0.2, 0.25) is 5.91 Å². The Morgan fingerprint density at radius 2 is 2.06 bits per heavy atom. The third-order valence-electron chi connectivity index (χ3n) is 5.99. The Morgan fingerprint density at radius 3 is 2.70 bits per heavy atom. The van der Waals surface area contributed by atoms with E-state index in [2.05, 4.69) is 34.2 Å². The molecule has 0 aromatic heterocycles. The number of ether oxygens (including phenoxy) is 2. The van der Waals surface area contributed by atoms with Crippen molar-refractivity contribution in [3.63, 3.8) is 0 Å². The minimum Gasteiger partial charge on any atom is -0.490 e. The van der Waals surface area contributed by atoms with Crippen molar-refractivity contribution < 1.29 is 19.1 Å². The van der Waals surface area contributed by atoms with Crippen molar-refractivity contribution >= 4 is 27.6 Å². The summed E-state index contributed by atoms with van der Waals surface area (Å²) in [6, 6.07) is 6.00. The molecule has 33 heavy (non-hydrogen) atoms. The number of dihydropyridines is 1. The van der Waals surface area contributed by atoms with E-state index in [1.807, 2.05) is 26.0 Å². The minimum atomic E-state index is -0.475. The van der Waals surface area contributed by atoms with Crippen LogP contribution in [0.2, 0.25) is 0 Å². The normalized spacial score (nSPS) is 20.2. The van der Waals surface area contributed by atoms with Crippen LogP contribution in [0.4, 0.5) is 0 Å². The third-order valence-corrected chi connectivity index (χ3v) is 6.58. The summed E-state index contributed by atoms with van der Waals surface area (Å²) in [6.45, 7) is 6.39. The van der Waals surface area contributed by atoms with Gasteiger partial charge in [0.25, 0.3) is 0 Å². The highest BCUT2D eigenvalue weighted by molar-refractivity contribution is 9.10. The topological polar surface area (TPSA) is 114 Å². The van der Waals surface area contributed by atoms with E-state index in [9.17, 15) is 14.9 Å². The summed E-state index contributed by atoms with van der Waals surface area (Å²) in [7, 11) is 0. The van der Waals surface area contributed by atoms with Crippen LogP contribution < -0.4 is 20.5 Å². The van der Waals surface area contributed by atoms with Gasteiger partial charge >= 0.3 is 0 Å². The molecule has 2 aliphatic rings. The van der Waals surface area contributed by atoms with Gasteiger partial charge in [-0.1, -0.05) is 13.3 Å². The van der Waals surface area contributed by atoms with Crippen molar-refractivity contribution in [3.8, 4) is 17.6 Å². The molecule has 0 bridgehead atoms. The molecule has 0 fully saturated rings. The van der Waals surface area contributed by atoms with Crippen molar-refractivity contribution in [1.82, 2.24) is 5.32 Å². The number of benzene rings is 1. The number of carbonyl (C=O) groups excluding carboxylic acids is 2. The molecule has 1 aromatic rings. The maximum Gasteiger partial charge on any atom is 0.220 e. The molecule has 3 rings (SSSR count). The second-order valence-corrected chi connectivity index (χ2v) is 9.27. The number of Topliss-reactive ketones (excluding diaryl/α,β-unsaturated/α-hetero) is 1. The fourth-order valence-corrected chi connectivity index (χ4v) is 5.20. The Balaban J connectivity index is 2.07. The fourth-order valence-electron chi connectivity index (χ4n) is 4.62. The quantitative estimate of drug-likeness (QED) is 0.495. The number of amides is 1. The molecule has 2 unspecified atom stereocenters. The first-order chi connectivity index (χ1) is 15.8. The smallest absolute Gasteiger partial charge is 0.220 e. The zero-order valence-corrected chi connectivity index (χ0v) is 20.9. The third kappa shape index (κ3) is 5.41. The Kier molecular flexibility index (Phi) is 8.20. The first-order valence-electron chi connectivity index (χ1n) is 11.3. The number of nitrogens with two attached hydrogens (primary N) is 1. The largest absolute Gasteiger partial charge is 0.490 e. The number of hydrogen-bond acceptors (Lipinski definition) is 6. The monoisotopic (exact) mass is 515 g/mol. The van der Waals surface area contributed by atoms with Gasteiger partial charge in [-0.2, -0.15) is 5.26 Å². The number of nitrogens with one attached hydrogen (secondary N) is 1. The van der Waals surface area contributed by atoms with E-state index in [4.69, 9.17) is 15.2 Å². The lowest BCUT2D eigenvalue weighted by molar-refractivity contribution is -0.118. The van der Waals surface area contributed by atoms with Crippen LogP contribution in [0.5, 0.6) is 11.5 Å². The van der Waals surface area contributed by atoms with Crippen LogP contribution in [0.25, 0.3) is 0 Å². The van der Waals surface area contributed by atoms with Crippen LogP contribution in [-0.2, 0) is 9.59 Å². The maximum absolute atomic E-state index is 13.3. The van der Waals surface area contributed by atoms with Crippen LogP contribution in [-0.4, -0.2) is 24.9 Å². The molecule has 7 nitrogen and oxygen atoms in total. The zero-order valence-electron chi connectivity index (χ0n) is 19.3. The highest BCUT2D eigenvalue weighted by Crippen LogP contribution is 2.47. The number of carbonyl (C=O) groups is 2. The van der Waals surface area contributed by atoms with Gasteiger partial charge in [-0.25, -0.2) is 0 Å². The fraction of sp³-hybridized carbons (Fsp3) is 0.480. The SMILES string of the molecule is CCCC1CC(=O)C2=C(C1)NC(C)=C(C#N)C2c1cc(Br)c(OCCC(N)=O)c(OCC)c1. The first kappa shape index (κ1) is 24.8. The number of halogens is 1. The molecule has 0 saturated heterocycles. The van der Waals surface area contributed by atoms with E-state index in [0.717, 1.165) is 36.2 Å². The number of nitriles is 1. The van der Waals surface area contributed by atoms with Gasteiger partial charge in [0.05, 0.1) is 41.7 Å². The van der Waals surface area contributed by atoms with E-state index in [0.29, 0.717) is 46.1 Å². The summed E-state index contributed by atoms with van der Waals surface area (Å²) in [5, 5.41) is 13.3. The van der Waals surface area contributed by atoms with E-state index in [-0.39, 0.29) is 18.8 Å². The summed E-state index contributed by atoms with van der Waals surface area (Å²) >= 11 is 3.56. The number of rotatable bonds is 9. The zero-order chi connectivity index (χ0) is 24.1. The maximum atomic E-state index is 13.3. The average molecular weight is 516 g/mol. The number of allylic oxidation sites excluding steroid dienone is 4. The molecule has 0 radical (unpaired) electrons. The van der Waals surface area contributed by atoms with Crippen LogP contribution in [0.15, 0.2) is 39.1 Å². The lowest BCUT2D eigenvalue weighted by Crippen LogP contribution is -2.34. The molecule has 1 aliphatic heterocycles. The second-order valence-electron chi connectivity index (χ2n) is 8.41. The molecule has 1 aromatic carbocycles. The molecule has 3 N–H and O–H groups in total. The Bertz CT molecular complexity index is 1050. The molecule has 0 spiro atoms. The molecule has 0 saturated carbocycles. The molecule has 8 heteroatoms. The van der Waals surface area contributed by atoms with Gasteiger partial charge in [0, 0.05) is 23.4 Å². The number of hydrogen-bond donors (Lipinski definition) is 2. The van der Waals surface area contributed by atoms with Gasteiger partial charge in [-0.05, 0) is 66.2 Å². The van der Waals surface area contributed by atoms with Gasteiger partial charge in [-0.3, -0.25) is 9.59 Å². The van der Waals surface area contributed by atoms with Gasteiger partial charge in [-0.15, -0.1) is 0 Å². The number of primary amides is 1. The molecular weight excluding hydrogens is 486 g/mol. The van der Waals surface area contributed by atoms with E-state index in [1.54, 1.807) is 0 Å². The van der Waals surface area contributed by atoms with Gasteiger partial charge in [0.1, 0.15) is 0 Å². The summed E-state index contributed by atoms with van der Waals surface area (Å²) in [5.41, 5.74) is 8.87. The van der Waals surface area contributed by atoms with Crippen LogP contribution >= 0.6 is 15.9 Å². The summed E-state index contributed by atoms with van der Waals surface area (Å²) in [6.07, 6.45) is 3.41. The summed E-state index contributed by atoms with van der Waals surface area (Å²) in [5.74, 6) is 0.417. The first-order valence-corrected chi connectivity index (χ1v) is 12.1. The van der Waals surface area contributed by atoms with Crippen molar-refractivity contribution in [2.75, 3.05) is 13.2 Å². The second kappa shape index (κ2) is 10.9. The van der Waals surface area contributed by atoms with Crippen molar-refractivity contribution in [2.45, 2.75) is 58.8 Å². The van der Waals surface area contributed by atoms with Crippen molar-refractivity contribution in [2.24, 2.45) is 11.7 Å². The molecule has 176 valence electrons. The Hall–Kier alpha value is -2.79. The van der Waals surface area contributed by atoms with E-state index in [1.165, 1.54) is 0 Å². The molecule has 1 amide bonds. The highest BCUT2D eigenvalue weighted by Gasteiger charge is 2.39. The Labute approximate surface area is 203 Å². The van der Waals surface area contributed by atoms with Crippen LogP contribution in [0.3, 0.4) is 0 Å². The lowest BCUT2D eigenvalue weighted by atomic mass is 9.72. The summed E-state index contributed by atoms with van der Waals surface area (Å²) < 4.78 is 12.2. The molecule has 1 aliphatic carbocycles. The van der Waals surface area contributed by atoms with Crippen molar-refractivity contribution in [3.05, 3.63) is 44.7 Å². The van der Waals surface area contributed by atoms with Crippen LogP contribution in [0, 0.1) is 17.2 Å². The standard InChI is InChI=1S/C25H30BrN3O4/c1-4-6-15-9-19-24(20(30)10-15)23(17(13-27)14(3)29-19)16-11-18(26)25(21(12-16)32-5-2)33-8-7-22(28)31/h11-12,15,23,29H,4-10H2,1-3H3,(H2,28,31). The predicted molar refractivity (Wildman–Crippen MR) is 128 cm³/mol. The molecular formula is C25H30BrN3O4. The molecule has 2 atom stereocenters. The number of ketones is 1. The average Bonchev–Trinajstić information content (AvgIpc) is 2.74. The van der Waals surface area contributed by atoms with E-state index < -0.39 is 11.8 Å². The highest BCUT2D eigenvalue weighted by atomic mass is 79.9. The van der Waals surface area contributed by atoms with E-state index >= 15 is 0 Å². The molecule has 1 heterocycles. The number of nitrogens with zero attached hydrogens (tertiary/aromatic N) is 1. The predicted octanol–water partition coefficient (Wildman–Crippen LogP) is 4.62. The van der Waals surface area contributed by atoms with Crippen molar-refractivity contribution in [1.29, 1.82) is 5.26 Å². The van der Waals surface area contributed by atoms with Gasteiger partial charge < -0.3 is 20.5 Å². The minimum absolute atomic E-state index is 0.0816. The van der Waals surface area contributed by atoms with Gasteiger partial charge in [0.15, 0.2) is 17.3 Å².